The topological polar surface area (TPSA) is 54.0 Å². The summed E-state index contributed by atoms with van der Waals surface area (Å²) in [5.41, 5.74) is 1.96. The summed E-state index contributed by atoms with van der Waals surface area (Å²) in [7, 11) is 3.33. The molecule has 0 spiro atoms. The van der Waals surface area contributed by atoms with E-state index in [4.69, 9.17) is 9.47 Å². The van der Waals surface area contributed by atoms with E-state index in [9.17, 15) is 5.11 Å². The number of methoxy groups -OCH3 is 2. The van der Waals surface area contributed by atoms with E-state index in [2.05, 4.69) is 26.1 Å². The van der Waals surface area contributed by atoms with Crippen LogP contribution in [-0.4, -0.2) is 43.4 Å². The average Bonchev–Trinajstić information content (AvgIpc) is 2.66. The Morgan fingerprint density at radius 1 is 1.12 bits per heavy atom. The van der Waals surface area contributed by atoms with E-state index in [1.165, 1.54) is 0 Å². The highest BCUT2D eigenvalue weighted by atomic mass is 79.9. The number of benzene rings is 2. The number of phenolic OH excluding ortho intramolecular Hbond substituents is 1. The molecule has 2 N–H and O–H groups in total. The van der Waals surface area contributed by atoms with Gasteiger partial charge in [0.1, 0.15) is 17.2 Å². The van der Waals surface area contributed by atoms with Gasteiger partial charge in [0.25, 0.3) is 0 Å². The lowest BCUT2D eigenvalue weighted by atomic mass is 10.0. The fourth-order valence-electron chi connectivity index (χ4n) is 3.29. The molecule has 0 saturated carbocycles. The molecule has 1 heterocycles. The van der Waals surface area contributed by atoms with Gasteiger partial charge in [-0.15, -0.1) is 0 Å². The fraction of sp³-hybridized carbons (Fsp3) is 0.400. The second-order valence-electron chi connectivity index (χ2n) is 6.53. The Balaban J connectivity index is 1.56. The standard InChI is InChI=1S/C20H25BrN2O3/c1-25-17-4-5-18(20(12-17)26-2)22-16-7-9-23(10-8-16)13-14-11-15(21)3-6-19(14)24/h3-6,11-12,16,22,24H,7-10,13H2,1-2H3. The number of nitrogens with zero attached hydrogens (tertiary/aromatic N) is 1. The average molecular weight is 421 g/mol. The van der Waals surface area contributed by atoms with Gasteiger partial charge in [-0.2, -0.15) is 0 Å². The molecule has 2 aromatic carbocycles. The van der Waals surface area contributed by atoms with E-state index in [0.29, 0.717) is 11.8 Å². The van der Waals surface area contributed by atoms with E-state index in [1.807, 2.05) is 30.3 Å². The van der Waals surface area contributed by atoms with Crippen LogP contribution < -0.4 is 14.8 Å². The van der Waals surface area contributed by atoms with Crippen LogP contribution in [0.25, 0.3) is 0 Å². The number of aromatic hydroxyl groups is 1. The molecule has 0 bridgehead atoms. The SMILES string of the molecule is COc1ccc(NC2CCN(Cc3cc(Br)ccc3O)CC2)c(OC)c1. The Labute approximate surface area is 163 Å². The molecule has 0 aliphatic carbocycles. The molecule has 0 unspecified atom stereocenters. The molecule has 3 rings (SSSR count). The molecule has 5 nitrogen and oxygen atoms in total. The first kappa shape index (κ1) is 18.9. The molecule has 1 fully saturated rings. The van der Waals surface area contributed by atoms with Crippen LogP contribution in [0.1, 0.15) is 18.4 Å². The van der Waals surface area contributed by atoms with Crippen LogP contribution >= 0.6 is 15.9 Å². The lowest BCUT2D eigenvalue weighted by Crippen LogP contribution is -2.38. The molecule has 0 aromatic heterocycles. The minimum absolute atomic E-state index is 0.358. The van der Waals surface area contributed by atoms with Gasteiger partial charge in [-0.1, -0.05) is 15.9 Å². The van der Waals surface area contributed by atoms with Crippen LogP contribution in [0, 0.1) is 0 Å². The van der Waals surface area contributed by atoms with Crippen molar-refractivity contribution in [3.63, 3.8) is 0 Å². The van der Waals surface area contributed by atoms with Crippen molar-refractivity contribution in [2.75, 3.05) is 32.6 Å². The number of halogens is 1. The largest absolute Gasteiger partial charge is 0.508 e. The van der Waals surface area contributed by atoms with Crippen molar-refractivity contribution in [1.29, 1.82) is 0 Å². The minimum atomic E-state index is 0.358. The van der Waals surface area contributed by atoms with Gasteiger partial charge in [0.2, 0.25) is 0 Å². The lowest BCUT2D eigenvalue weighted by molar-refractivity contribution is 0.209. The maximum Gasteiger partial charge on any atom is 0.145 e. The van der Waals surface area contributed by atoms with Crippen molar-refractivity contribution < 1.29 is 14.6 Å². The molecular formula is C20H25BrN2O3. The van der Waals surface area contributed by atoms with Gasteiger partial charge in [0, 0.05) is 41.8 Å². The van der Waals surface area contributed by atoms with Crippen molar-refractivity contribution in [2.24, 2.45) is 0 Å². The molecule has 6 heteroatoms. The quantitative estimate of drug-likeness (QED) is 0.731. The summed E-state index contributed by atoms with van der Waals surface area (Å²) in [6, 6.07) is 11.8. The highest BCUT2D eigenvalue weighted by molar-refractivity contribution is 9.10. The zero-order valence-electron chi connectivity index (χ0n) is 15.2. The van der Waals surface area contributed by atoms with Gasteiger partial charge in [-0.3, -0.25) is 4.90 Å². The van der Waals surface area contributed by atoms with Crippen molar-refractivity contribution >= 4 is 21.6 Å². The fourth-order valence-corrected chi connectivity index (χ4v) is 3.70. The van der Waals surface area contributed by atoms with Crippen molar-refractivity contribution in [2.45, 2.75) is 25.4 Å². The highest BCUT2D eigenvalue weighted by Gasteiger charge is 2.21. The number of ether oxygens (including phenoxy) is 2. The minimum Gasteiger partial charge on any atom is -0.508 e. The van der Waals surface area contributed by atoms with Crippen LogP contribution in [0.3, 0.4) is 0 Å². The zero-order valence-corrected chi connectivity index (χ0v) is 16.8. The van der Waals surface area contributed by atoms with Gasteiger partial charge in [0.15, 0.2) is 0 Å². The van der Waals surface area contributed by atoms with E-state index < -0.39 is 0 Å². The molecular weight excluding hydrogens is 396 g/mol. The third-order valence-electron chi connectivity index (χ3n) is 4.79. The molecule has 140 valence electrons. The summed E-state index contributed by atoms with van der Waals surface area (Å²) in [4.78, 5) is 2.38. The normalized spacial score (nSPS) is 15.7. The Bertz CT molecular complexity index is 746. The van der Waals surface area contributed by atoms with Crippen LogP contribution in [0.2, 0.25) is 0 Å². The summed E-state index contributed by atoms with van der Waals surface area (Å²) in [6.07, 6.45) is 2.09. The van der Waals surface area contributed by atoms with Gasteiger partial charge in [-0.25, -0.2) is 0 Å². The van der Waals surface area contributed by atoms with Gasteiger partial charge in [-0.05, 0) is 43.2 Å². The summed E-state index contributed by atoms with van der Waals surface area (Å²) in [5, 5.41) is 13.6. The molecule has 0 atom stereocenters. The Morgan fingerprint density at radius 3 is 2.58 bits per heavy atom. The maximum atomic E-state index is 10.0. The van der Waals surface area contributed by atoms with Crippen LogP contribution in [0.5, 0.6) is 17.2 Å². The van der Waals surface area contributed by atoms with E-state index in [-0.39, 0.29) is 0 Å². The summed E-state index contributed by atoms with van der Waals surface area (Å²) < 4.78 is 11.7. The zero-order chi connectivity index (χ0) is 18.5. The van der Waals surface area contributed by atoms with Crippen LogP contribution in [-0.2, 0) is 6.54 Å². The molecule has 2 aromatic rings. The van der Waals surface area contributed by atoms with Crippen molar-refractivity contribution in [3.05, 3.63) is 46.4 Å². The summed E-state index contributed by atoms with van der Waals surface area (Å²) in [5.74, 6) is 1.94. The first-order chi connectivity index (χ1) is 12.6. The van der Waals surface area contributed by atoms with Crippen LogP contribution in [0.15, 0.2) is 40.9 Å². The second-order valence-corrected chi connectivity index (χ2v) is 7.45. The number of piperidine rings is 1. The molecule has 0 amide bonds. The monoisotopic (exact) mass is 420 g/mol. The second kappa shape index (κ2) is 8.64. The third kappa shape index (κ3) is 4.62. The molecule has 0 radical (unpaired) electrons. The number of anilines is 1. The molecule has 1 aliphatic rings. The lowest BCUT2D eigenvalue weighted by Gasteiger charge is -2.33. The third-order valence-corrected chi connectivity index (χ3v) is 5.28. The number of nitrogens with one attached hydrogen (secondary N) is 1. The van der Waals surface area contributed by atoms with E-state index in [1.54, 1.807) is 20.3 Å². The number of likely N-dealkylation sites (tertiary alicyclic amines) is 1. The first-order valence-corrected chi connectivity index (χ1v) is 9.56. The number of hydrogen-bond acceptors (Lipinski definition) is 5. The summed E-state index contributed by atoms with van der Waals surface area (Å²) in [6.45, 7) is 2.74. The van der Waals surface area contributed by atoms with Gasteiger partial charge < -0.3 is 19.9 Å². The molecule has 26 heavy (non-hydrogen) atoms. The Kier molecular flexibility index (Phi) is 6.27. The maximum absolute atomic E-state index is 10.0. The van der Waals surface area contributed by atoms with E-state index in [0.717, 1.165) is 59.7 Å². The predicted octanol–water partition coefficient (Wildman–Crippen LogP) is 4.25. The smallest absolute Gasteiger partial charge is 0.145 e. The van der Waals surface area contributed by atoms with Gasteiger partial charge in [0.05, 0.1) is 19.9 Å². The number of phenols is 1. The number of rotatable bonds is 6. The van der Waals surface area contributed by atoms with Gasteiger partial charge >= 0.3 is 0 Å². The Hall–Kier alpha value is -1.92. The predicted molar refractivity (Wildman–Crippen MR) is 107 cm³/mol. The van der Waals surface area contributed by atoms with Crippen molar-refractivity contribution in [3.8, 4) is 17.2 Å². The van der Waals surface area contributed by atoms with E-state index >= 15 is 0 Å². The first-order valence-electron chi connectivity index (χ1n) is 8.77. The summed E-state index contributed by atoms with van der Waals surface area (Å²) >= 11 is 3.47. The Morgan fingerprint density at radius 2 is 1.88 bits per heavy atom. The molecule has 1 aliphatic heterocycles. The molecule has 1 saturated heterocycles. The highest BCUT2D eigenvalue weighted by Crippen LogP contribution is 2.31. The van der Waals surface area contributed by atoms with Crippen molar-refractivity contribution in [1.82, 2.24) is 4.90 Å². The number of hydrogen-bond donors (Lipinski definition) is 2. The van der Waals surface area contributed by atoms with Crippen LogP contribution in [0.4, 0.5) is 5.69 Å².